The van der Waals surface area contributed by atoms with Crippen LogP contribution in [0.15, 0.2) is 36.4 Å². The lowest BCUT2D eigenvalue weighted by Crippen LogP contribution is -2.25. The Bertz CT molecular complexity index is 773. The predicted molar refractivity (Wildman–Crippen MR) is 85.7 cm³/mol. The van der Waals surface area contributed by atoms with Gasteiger partial charge < -0.3 is 20.1 Å². The average Bonchev–Trinajstić information content (AvgIpc) is 2.82. The smallest absolute Gasteiger partial charge is 0.395 e. The Balaban J connectivity index is 1.62. The highest BCUT2D eigenvalue weighted by Gasteiger charge is 2.43. The van der Waals surface area contributed by atoms with Crippen molar-refractivity contribution < 1.29 is 23.0 Å². The van der Waals surface area contributed by atoms with E-state index >= 15 is 0 Å². The number of para-hydroxylation sites is 1. The number of nitrogens with one attached hydrogen (secondary N) is 2. The van der Waals surface area contributed by atoms with Gasteiger partial charge in [0.1, 0.15) is 0 Å². The summed E-state index contributed by atoms with van der Waals surface area (Å²) in [6.45, 7) is 3.81. The molecule has 0 atom stereocenters. The molecule has 2 aromatic carbocycles. The Morgan fingerprint density at radius 2 is 1.75 bits per heavy atom. The number of hydrogen-bond acceptors (Lipinski definition) is 4. The van der Waals surface area contributed by atoms with Crippen LogP contribution in [-0.4, -0.2) is 18.7 Å². The number of carbonyl (C=O) groups is 1. The van der Waals surface area contributed by atoms with Gasteiger partial charge in [-0.2, -0.15) is 0 Å². The van der Waals surface area contributed by atoms with Crippen LogP contribution in [0.25, 0.3) is 0 Å². The quantitative estimate of drug-likeness (QED) is 0.895. The number of halogens is 2. The highest BCUT2D eigenvalue weighted by atomic mass is 19.3. The molecule has 1 amide bonds. The van der Waals surface area contributed by atoms with Gasteiger partial charge in [-0.1, -0.05) is 18.2 Å². The van der Waals surface area contributed by atoms with Crippen molar-refractivity contribution in [1.82, 2.24) is 0 Å². The van der Waals surface area contributed by atoms with E-state index in [1.807, 2.05) is 32.0 Å². The molecule has 0 aromatic heterocycles. The molecule has 0 bridgehead atoms. The van der Waals surface area contributed by atoms with E-state index in [0.29, 0.717) is 5.69 Å². The second kappa shape index (κ2) is 5.99. The number of ether oxygens (including phenoxy) is 2. The molecule has 7 heteroatoms. The molecule has 2 aromatic rings. The van der Waals surface area contributed by atoms with Gasteiger partial charge in [-0.25, -0.2) is 0 Å². The molecule has 0 saturated heterocycles. The topological polar surface area (TPSA) is 59.6 Å². The second-order valence-electron chi connectivity index (χ2n) is 5.50. The van der Waals surface area contributed by atoms with Crippen LogP contribution in [0.1, 0.15) is 11.1 Å². The van der Waals surface area contributed by atoms with E-state index in [1.165, 1.54) is 18.2 Å². The van der Waals surface area contributed by atoms with Crippen molar-refractivity contribution in [3.05, 3.63) is 47.5 Å². The molecule has 1 aliphatic rings. The number of rotatable bonds is 4. The summed E-state index contributed by atoms with van der Waals surface area (Å²) in [5, 5.41) is 5.70. The van der Waals surface area contributed by atoms with Crippen molar-refractivity contribution in [2.24, 2.45) is 0 Å². The van der Waals surface area contributed by atoms with Crippen LogP contribution in [-0.2, 0) is 4.79 Å². The van der Waals surface area contributed by atoms with Crippen molar-refractivity contribution in [2.45, 2.75) is 20.1 Å². The molecule has 0 aliphatic carbocycles. The number of hydrogen-bond donors (Lipinski definition) is 2. The van der Waals surface area contributed by atoms with E-state index in [-0.39, 0.29) is 24.0 Å². The monoisotopic (exact) mass is 334 g/mol. The van der Waals surface area contributed by atoms with Gasteiger partial charge in [-0.15, -0.1) is 8.78 Å². The van der Waals surface area contributed by atoms with Crippen molar-refractivity contribution in [3.63, 3.8) is 0 Å². The molecule has 1 aliphatic heterocycles. The predicted octanol–water partition coefficient (Wildman–Crippen LogP) is 3.68. The maximum Gasteiger partial charge on any atom is 0.586 e. The Kier molecular flexibility index (Phi) is 4.01. The lowest BCUT2D eigenvalue weighted by atomic mass is 10.1. The van der Waals surface area contributed by atoms with E-state index in [9.17, 15) is 13.6 Å². The van der Waals surface area contributed by atoms with Gasteiger partial charge in [-0.3, -0.25) is 4.79 Å². The standard InChI is InChI=1S/C17H16F2N2O3/c1-10-4-3-5-11(2)16(10)21-15(22)9-20-12-6-7-13-14(8-12)24-17(18,19)23-13/h3-8,20H,9H2,1-2H3,(H,21,22). The van der Waals surface area contributed by atoms with Crippen molar-refractivity contribution in [3.8, 4) is 11.5 Å². The van der Waals surface area contributed by atoms with Crippen LogP contribution >= 0.6 is 0 Å². The molecule has 0 spiro atoms. The Hall–Kier alpha value is -2.83. The van der Waals surface area contributed by atoms with Gasteiger partial charge in [0.2, 0.25) is 5.91 Å². The first-order valence-corrected chi connectivity index (χ1v) is 7.34. The zero-order valence-electron chi connectivity index (χ0n) is 13.2. The molecule has 0 fully saturated rings. The van der Waals surface area contributed by atoms with E-state index in [0.717, 1.165) is 16.8 Å². The average molecular weight is 334 g/mol. The molecule has 5 nitrogen and oxygen atoms in total. The summed E-state index contributed by atoms with van der Waals surface area (Å²) in [6.07, 6.45) is -3.65. The summed E-state index contributed by atoms with van der Waals surface area (Å²) in [6, 6.07) is 10.0. The van der Waals surface area contributed by atoms with Gasteiger partial charge in [0.05, 0.1) is 6.54 Å². The molecule has 0 unspecified atom stereocenters. The van der Waals surface area contributed by atoms with Crippen molar-refractivity contribution in [2.75, 3.05) is 17.2 Å². The molecule has 3 rings (SSSR count). The van der Waals surface area contributed by atoms with Crippen LogP contribution in [0.2, 0.25) is 0 Å². The maximum absolute atomic E-state index is 13.0. The van der Waals surface area contributed by atoms with Gasteiger partial charge >= 0.3 is 6.29 Å². The third kappa shape index (κ3) is 3.40. The minimum atomic E-state index is -3.65. The summed E-state index contributed by atoms with van der Waals surface area (Å²) in [5.74, 6) is -0.346. The molecule has 0 saturated carbocycles. The van der Waals surface area contributed by atoms with Crippen LogP contribution in [0.5, 0.6) is 11.5 Å². The molecule has 0 radical (unpaired) electrons. The van der Waals surface area contributed by atoms with E-state index < -0.39 is 6.29 Å². The first-order valence-electron chi connectivity index (χ1n) is 7.34. The van der Waals surface area contributed by atoms with Gasteiger partial charge in [0.15, 0.2) is 11.5 Å². The van der Waals surface area contributed by atoms with Crippen LogP contribution in [0.3, 0.4) is 0 Å². The summed E-state index contributed by atoms with van der Waals surface area (Å²) in [4.78, 5) is 12.1. The van der Waals surface area contributed by atoms with Crippen molar-refractivity contribution in [1.29, 1.82) is 0 Å². The first kappa shape index (κ1) is 16.0. The fourth-order valence-electron chi connectivity index (χ4n) is 2.44. The second-order valence-corrected chi connectivity index (χ2v) is 5.50. The van der Waals surface area contributed by atoms with E-state index in [1.54, 1.807) is 0 Å². The van der Waals surface area contributed by atoms with E-state index in [4.69, 9.17) is 0 Å². The molecular weight excluding hydrogens is 318 g/mol. The molecule has 24 heavy (non-hydrogen) atoms. The molecular formula is C17H16F2N2O3. The maximum atomic E-state index is 13.0. The number of aryl methyl sites for hydroxylation is 2. The highest BCUT2D eigenvalue weighted by Crippen LogP contribution is 2.42. The molecule has 2 N–H and O–H groups in total. The van der Waals surface area contributed by atoms with Crippen LogP contribution < -0.4 is 20.1 Å². The first-order chi connectivity index (χ1) is 11.3. The van der Waals surface area contributed by atoms with E-state index in [2.05, 4.69) is 20.1 Å². The normalized spacial score (nSPS) is 14.3. The number of anilines is 2. The lowest BCUT2D eigenvalue weighted by molar-refractivity contribution is -0.286. The van der Waals surface area contributed by atoms with Gasteiger partial charge in [-0.05, 0) is 37.1 Å². The Labute approximate surface area is 137 Å². The number of carbonyl (C=O) groups excluding carboxylic acids is 1. The summed E-state index contributed by atoms with van der Waals surface area (Å²) in [5.41, 5.74) is 3.18. The third-order valence-electron chi connectivity index (χ3n) is 3.60. The fourth-order valence-corrected chi connectivity index (χ4v) is 2.44. The number of alkyl halides is 2. The van der Waals surface area contributed by atoms with Crippen LogP contribution in [0.4, 0.5) is 20.2 Å². The minimum Gasteiger partial charge on any atom is -0.395 e. The highest BCUT2D eigenvalue weighted by molar-refractivity contribution is 5.95. The third-order valence-corrected chi connectivity index (χ3v) is 3.60. The SMILES string of the molecule is Cc1cccc(C)c1NC(=O)CNc1ccc2c(c1)OC(F)(F)O2. The summed E-state index contributed by atoms with van der Waals surface area (Å²) < 4.78 is 34.6. The zero-order chi connectivity index (χ0) is 17.3. The lowest BCUT2D eigenvalue weighted by Gasteiger charge is -2.12. The largest absolute Gasteiger partial charge is 0.586 e. The fraction of sp³-hybridized carbons (Fsp3) is 0.235. The zero-order valence-corrected chi connectivity index (χ0v) is 13.2. The number of benzene rings is 2. The number of fused-ring (bicyclic) bond motifs is 1. The number of amides is 1. The Morgan fingerprint density at radius 1 is 1.08 bits per heavy atom. The minimum absolute atomic E-state index is 0.0101. The summed E-state index contributed by atoms with van der Waals surface area (Å²) >= 11 is 0. The Morgan fingerprint density at radius 3 is 2.46 bits per heavy atom. The van der Waals surface area contributed by atoms with Gasteiger partial charge in [0.25, 0.3) is 0 Å². The van der Waals surface area contributed by atoms with Crippen molar-refractivity contribution >= 4 is 17.3 Å². The van der Waals surface area contributed by atoms with Gasteiger partial charge in [0, 0.05) is 17.4 Å². The summed E-state index contributed by atoms with van der Waals surface area (Å²) in [7, 11) is 0. The molecule has 126 valence electrons. The molecule has 1 heterocycles. The van der Waals surface area contributed by atoms with Crippen LogP contribution in [0, 0.1) is 13.8 Å².